The standard InChI is InChI=1S/C22H23F3N2O4S/c1-3-14-31-20-9-8-18(32(2,29)30)15-19(20)21(28)27-12-10-26(11-13-27)17-6-4-16(5-7-17)22(23,24)25/h3-9,15H,1,10-14H2,2H3. The highest BCUT2D eigenvalue weighted by molar-refractivity contribution is 7.90. The summed E-state index contributed by atoms with van der Waals surface area (Å²) in [6, 6.07) is 9.03. The van der Waals surface area contributed by atoms with Crippen molar-refractivity contribution in [2.45, 2.75) is 11.1 Å². The van der Waals surface area contributed by atoms with E-state index in [-0.39, 0.29) is 28.7 Å². The van der Waals surface area contributed by atoms with E-state index in [4.69, 9.17) is 4.74 Å². The van der Waals surface area contributed by atoms with Gasteiger partial charge in [0, 0.05) is 38.1 Å². The van der Waals surface area contributed by atoms with Crippen molar-refractivity contribution in [3.8, 4) is 5.75 Å². The lowest BCUT2D eigenvalue weighted by molar-refractivity contribution is -0.137. The third kappa shape index (κ3) is 5.42. The average Bonchev–Trinajstić information content (AvgIpc) is 2.76. The zero-order valence-electron chi connectivity index (χ0n) is 17.4. The summed E-state index contributed by atoms with van der Waals surface area (Å²) < 4.78 is 67.7. The first-order valence-corrected chi connectivity index (χ1v) is 11.7. The predicted octanol–water partition coefficient (Wildman–Crippen LogP) is 3.64. The number of amides is 1. The van der Waals surface area contributed by atoms with Crippen LogP contribution in [0.2, 0.25) is 0 Å². The SMILES string of the molecule is C=CCOc1ccc(S(C)(=O)=O)cc1C(=O)N1CCN(c2ccc(C(F)(F)F)cc2)CC1. The summed E-state index contributed by atoms with van der Waals surface area (Å²) in [7, 11) is -3.52. The van der Waals surface area contributed by atoms with Crippen molar-refractivity contribution in [1.29, 1.82) is 0 Å². The van der Waals surface area contributed by atoms with Gasteiger partial charge in [-0.05, 0) is 42.5 Å². The number of hydrogen-bond donors (Lipinski definition) is 0. The first-order chi connectivity index (χ1) is 15.0. The number of carbonyl (C=O) groups is 1. The number of anilines is 1. The lowest BCUT2D eigenvalue weighted by atomic mass is 10.1. The normalized spacial score (nSPS) is 14.9. The van der Waals surface area contributed by atoms with E-state index in [0.29, 0.717) is 31.9 Å². The van der Waals surface area contributed by atoms with Gasteiger partial charge in [0.25, 0.3) is 5.91 Å². The van der Waals surface area contributed by atoms with Crippen LogP contribution in [-0.4, -0.2) is 58.3 Å². The molecule has 1 heterocycles. The maximum Gasteiger partial charge on any atom is 0.416 e. The molecule has 0 bridgehead atoms. The highest BCUT2D eigenvalue weighted by Crippen LogP contribution is 2.31. The van der Waals surface area contributed by atoms with E-state index in [9.17, 15) is 26.4 Å². The molecule has 0 radical (unpaired) electrons. The number of nitrogens with zero attached hydrogens (tertiary/aromatic N) is 2. The molecule has 1 saturated heterocycles. The molecule has 1 amide bonds. The molecule has 0 N–H and O–H groups in total. The molecular weight excluding hydrogens is 445 g/mol. The second-order valence-electron chi connectivity index (χ2n) is 7.35. The van der Waals surface area contributed by atoms with Gasteiger partial charge in [-0.2, -0.15) is 13.2 Å². The minimum atomic E-state index is -4.39. The number of hydrogen-bond acceptors (Lipinski definition) is 5. The number of alkyl halides is 3. The molecule has 6 nitrogen and oxygen atoms in total. The van der Waals surface area contributed by atoms with Gasteiger partial charge in [-0.1, -0.05) is 12.7 Å². The Bertz CT molecular complexity index is 1090. The summed E-state index contributed by atoms with van der Waals surface area (Å²) >= 11 is 0. The molecule has 0 unspecified atom stereocenters. The first kappa shape index (κ1) is 23.6. The number of piperazine rings is 1. The largest absolute Gasteiger partial charge is 0.489 e. The number of sulfone groups is 1. The zero-order valence-corrected chi connectivity index (χ0v) is 18.2. The molecule has 0 aliphatic carbocycles. The Balaban J connectivity index is 1.75. The van der Waals surface area contributed by atoms with Gasteiger partial charge in [0.1, 0.15) is 12.4 Å². The molecule has 1 fully saturated rings. The van der Waals surface area contributed by atoms with Crippen LogP contribution in [0.5, 0.6) is 5.75 Å². The third-order valence-corrected chi connectivity index (χ3v) is 6.20. The Labute approximate surface area is 184 Å². The Morgan fingerprint density at radius 2 is 1.72 bits per heavy atom. The van der Waals surface area contributed by atoms with Crippen LogP contribution in [0, 0.1) is 0 Å². The van der Waals surface area contributed by atoms with Crippen LogP contribution in [-0.2, 0) is 16.0 Å². The Morgan fingerprint density at radius 3 is 2.25 bits per heavy atom. The van der Waals surface area contributed by atoms with Gasteiger partial charge in [-0.3, -0.25) is 4.79 Å². The van der Waals surface area contributed by atoms with Gasteiger partial charge < -0.3 is 14.5 Å². The average molecular weight is 468 g/mol. The van der Waals surface area contributed by atoms with Crippen molar-refractivity contribution in [3.63, 3.8) is 0 Å². The van der Waals surface area contributed by atoms with Gasteiger partial charge in [0.2, 0.25) is 0 Å². The monoisotopic (exact) mass is 468 g/mol. The van der Waals surface area contributed by atoms with Crippen LogP contribution in [0.25, 0.3) is 0 Å². The fourth-order valence-electron chi connectivity index (χ4n) is 3.38. The lowest BCUT2D eigenvalue weighted by Gasteiger charge is -2.36. The van der Waals surface area contributed by atoms with Gasteiger partial charge in [-0.25, -0.2) is 8.42 Å². The van der Waals surface area contributed by atoms with E-state index in [1.54, 1.807) is 4.90 Å². The topological polar surface area (TPSA) is 66.9 Å². The molecule has 0 saturated carbocycles. The van der Waals surface area contributed by atoms with Crippen molar-refractivity contribution < 1.29 is 31.1 Å². The van der Waals surface area contributed by atoms with Crippen molar-refractivity contribution in [2.75, 3.05) is 43.9 Å². The predicted molar refractivity (Wildman–Crippen MR) is 115 cm³/mol. The molecule has 172 valence electrons. The zero-order chi connectivity index (χ0) is 23.5. The minimum absolute atomic E-state index is 0.00944. The number of benzene rings is 2. The molecular formula is C22H23F3N2O4S. The quantitative estimate of drug-likeness (QED) is 0.606. The second kappa shape index (κ2) is 9.23. The molecule has 10 heteroatoms. The highest BCUT2D eigenvalue weighted by Gasteiger charge is 2.31. The minimum Gasteiger partial charge on any atom is -0.489 e. The van der Waals surface area contributed by atoms with E-state index >= 15 is 0 Å². The molecule has 0 atom stereocenters. The molecule has 3 rings (SSSR count). The lowest BCUT2D eigenvalue weighted by Crippen LogP contribution is -2.48. The van der Waals surface area contributed by atoms with Crippen LogP contribution in [0.15, 0.2) is 60.0 Å². The van der Waals surface area contributed by atoms with E-state index in [2.05, 4.69) is 6.58 Å². The fraction of sp³-hybridized carbons (Fsp3) is 0.318. The van der Waals surface area contributed by atoms with E-state index in [1.807, 2.05) is 4.90 Å². The molecule has 1 aliphatic heterocycles. The Morgan fingerprint density at radius 1 is 1.09 bits per heavy atom. The summed E-state index contributed by atoms with van der Waals surface area (Å²) in [6.07, 6.45) is -1.82. The number of halogens is 3. The Hall–Kier alpha value is -3.01. The fourth-order valence-corrected chi connectivity index (χ4v) is 4.03. The van der Waals surface area contributed by atoms with E-state index in [1.165, 1.54) is 36.4 Å². The van der Waals surface area contributed by atoms with Crippen molar-refractivity contribution >= 4 is 21.4 Å². The maximum atomic E-state index is 13.1. The third-order valence-electron chi connectivity index (χ3n) is 5.09. The van der Waals surface area contributed by atoms with Gasteiger partial charge >= 0.3 is 6.18 Å². The first-order valence-electron chi connectivity index (χ1n) is 9.80. The molecule has 32 heavy (non-hydrogen) atoms. The van der Waals surface area contributed by atoms with Crippen molar-refractivity contribution in [3.05, 3.63) is 66.2 Å². The van der Waals surface area contributed by atoms with Gasteiger partial charge in [0.05, 0.1) is 16.0 Å². The summed E-state index contributed by atoms with van der Waals surface area (Å²) in [5, 5.41) is 0. The van der Waals surface area contributed by atoms with Crippen molar-refractivity contribution in [1.82, 2.24) is 4.90 Å². The molecule has 1 aliphatic rings. The van der Waals surface area contributed by atoms with Gasteiger partial charge in [0.15, 0.2) is 9.84 Å². The Kier molecular flexibility index (Phi) is 6.82. The molecule has 2 aromatic rings. The number of ether oxygens (including phenoxy) is 1. The van der Waals surface area contributed by atoms with Crippen LogP contribution < -0.4 is 9.64 Å². The highest BCUT2D eigenvalue weighted by atomic mass is 32.2. The smallest absolute Gasteiger partial charge is 0.416 e. The van der Waals surface area contributed by atoms with Crippen LogP contribution >= 0.6 is 0 Å². The summed E-state index contributed by atoms with van der Waals surface area (Å²) in [6.45, 7) is 5.21. The number of carbonyl (C=O) groups excluding carboxylic acids is 1. The molecule has 0 spiro atoms. The summed E-state index contributed by atoms with van der Waals surface area (Å²) in [5.74, 6) is -0.117. The van der Waals surface area contributed by atoms with Gasteiger partial charge in [-0.15, -0.1) is 0 Å². The van der Waals surface area contributed by atoms with Crippen LogP contribution in [0.4, 0.5) is 18.9 Å². The van der Waals surface area contributed by atoms with Crippen molar-refractivity contribution in [2.24, 2.45) is 0 Å². The van der Waals surface area contributed by atoms with E-state index < -0.39 is 21.6 Å². The molecule has 2 aromatic carbocycles. The number of rotatable bonds is 6. The summed E-state index contributed by atoms with van der Waals surface area (Å²) in [4.78, 5) is 16.6. The molecule has 0 aromatic heterocycles. The van der Waals surface area contributed by atoms with Crippen LogP contribution in [0.3, 0.4) is 0 Å². The van der Waals surface area contributed by atoms with Crippen LogP contribution in [0.1, 0.15) is 15.9 Å². The second-order valence-corrected chi connectivity index (χ2v) is 9.37. The van der Waals surface area contributed by atoms with E-state index in [0.717, 1.165) is 18.4 Å². The summed E-state index contributed by atoms with van der Waals surface area (Å²) in [5.41, 5.74) is 0.0600. The maximum absolute atomic E-state index is 13.1.